The standard InChI is InChI=1S/C42H24N2O/c1-2-11-25(12-3-1)43-33-18-8-6-14-27(33)31-21-22-32-28-15-7-9-19-34(28)44(42(32)41(31)43)35-23-24-37-40-38(35)29-16-5-4-13-26(29)30-17-10-20-36(45-37)39(30)40/h1-24H. The molecular formula is C42H24N2O. The van der Waals surface area contributed by atoms with Gasteiger partial charge in [0.15, 0.2) is 0 Å². The number of furan rings is 1. The fourth-order valence-electron chi connectivity index (χ4n) is 8.11. The molecule has 3 aromatic heterocycles. The third-order valence-electron chi connectivity index (χ3n) is 9.85. The molecule has 11 aromatic rings. The summed E-state index contributed by atoms with van der Waals surface area (Å²) >= 11 is 0. The van der Waals surface area contributed by atoms with Crippen LogP contribution in [0, 0.1) is 0 Å². The van der Waals surface area contributed by atoms with Gasteiger partial charge in [-0.2, -0.15) is 0 Å². The smallest absolute Gasteiger partial charge is 0.136 e. The van der Waals surface area contributed by atoms with Gasteiger partial charge in [0.05, 0.1) is 27.8 Å². The van der Waals surface area contributed by atoms with Gasteiger partial charge in [0.2, 0.25) is 0 Å². The quantitative estimate of drug-likeness (QED) is 0.189. The Morgan fingerprint density at radius 3 is 1.64 bits per heavy atom. The molecule has 8 aromatic carbocycles. The predicted molar refractivity (Wildman–Crippen MR) is 189 cm³/mol. The van der Waals surface area contributed by atoms with Crippen molar-refractivity contribution in [1.29, 1.82) is 0 Å². The first-order valence-electron chi connectivity index (χ1n) is 15.5. The van der Waals surface area contributed by atoms with E-state index in [9.17, 15) is 0 Å². The van der Waals surface area contributed by atoms with Crippen molar-refractivity contribution in [2.75, 3.05) is 0 Å². The summed E-state index contributed by atoms with van der Waals surface area (Å²) in [6.07, 6.45) is 0. The van der Waals surface area contributed by atoms with E-state index < -0.39 is 0 Å². The summed E-state index contributed by atoms with van der Waals surface area (Å²) in [5.74, 6) is 0. The Labute approximate surface area is 257 Å². The van der Waals surface area contributed by atoms with E-state index in [0.717, 1.165) is 22.5 Å². The predicted octanol–water partition coefficient (Wildman–Crippen LogP) is 11.5. The second-order valence-electron chi connectivity index (χ2n) is 12.1. The van der Waals surface area contributed by atoms with Gasteiger partial charge in [-0.15, -0.1) is 0 Å². The average molecular weight is 573 g/mol. The number of hydrogen-bond donors (Lipinski definition) is 0. The van der Waals surface area contributed by atoms with Gasteiger partial charge < -0.3 is 13.6 Å². The normalized spacial score (nSPS) is 12.4. The highest BCUT2D eigenvalue weighted by Gasteiger charge is 2.24. The number of nitrogens with zero attached hydrogens (tertiary/aromatic N) is 2. The van der Waals surface area contributed by atoms with Crippen LogP contribution in [0.3, 0.4) is 0 Å². The Morgan fingerprint density at radius 2 is 0.889 bits per heavy atom. The summed E-state index contributed by atoms with van der Waals surface area (Å²) in [6, 6.07) is 52.7. The third-order valence-corrected chi connectivity index (χ3v) is 9.85. The highest BCUT2D eigenvalue weighted by Crippen LogP contribution is 2.47. The van der Waals surface area contributed by atoms with Gasteiger partial charge in [-0.25, -0.2) is 0 Å². The van der Waals surface area contributed by atoms with Crippen LogP contribution in [-0.2, 0) is 0 Å². The van der Waals surface area contributed by atoms with Crippen LogP contribution in [0.5, 0.6) is 0 Å². The van der Waals surface area contributed by atoms with Gasteiger partial charge in [-0.05, 0) is 58.6 Å². The van der Waals surface area contributed by atoms with E-state index in [1.54, 1.807) is 0 Å². The van der Waals surface area contributed by atoms with E-state index in [-0.39, 0.29) is 0 Å². The van der Waals surface area contributed by atoms with Crippen LogP contribution in [-0.4, -0.2) is 9.13 Å². The SMILES string of the molecule is c1ccc(-n2c3ccccc3c3ccc4c5ccccc5n(-c5ccc6oc7cccc8c9ccccc9c5c6c78)c4c32)cc1. The molecule has 0 aliphatic carbocycles. The summed E-state index contributed by atoms with van der Waals surface area (Å²) in [5, 5.41) is 12.3. The Bertz CT molecular complexity index is 2970. The van der Waals surface area contributed by atoms with Crippen LogP contribution < -0.4 is 0 Å². The van der Waals surface area contributed by atoms with Crippen LogP contribution in [0.4, 0.5) is 0 Å². The van der Waals surface area contributed by atoms with Gasteiger partial charge >= 0.3 is 0 Å². The van der Waals surface area contributed by atoms with Crippen molar-refractivity contribution in [3.8, 4) is 11.4 Å². The Morgan fingerprint density at radius 1 is 0.333 bits per heavy atom. The van der Waals surface area contributed by atoms with Crippen LogP contribution in [0.2, 0.25) is 0 Å². The molecule has 0 N–H and O–H groups in total. The first-order chi connectivity index (χ1) is 22.4. The molecular weight excluding hydrogens is 548 g/mol. The second kappa shape index (κ2) is 8.31. The van der Waals surface area contributed by atoms with E-state index in [2.05, 4.69) is 155 Å². The average Bonchev–Trinajstić information content (AvgIpc) is 3.76. The van der Waals surface area contributed by atoms with Crippen LogP contribution in [0.25, 0.3) is 98.5 Å². The summed E-state index contributed by atoms with van der Waals surface area (Å²) in [5.41, 5.74) is 8.99. The maximum Gasteiger partial charge on any atom is 0.136 e. The fourth-order valence-corrected chi connectivity index (χ4v) is 8.11. The largest absolute Gasteiger partial charge is 0.456 e. The third kappa shape index (κ3) is 2.86. The highest BCUT2D eigenvalue weighted by atomic mass is 16.3. The number of para-hydroxylation sites is 3. The summed E-state index contributed by atoms with van der Waals surface area (Å²) in [6.45, 7) is 0. The zero-order valence-corrected chi connectivity index (χ0v) is 24.2. The lowest BCUT2D eigenvalue weighted by atomic mass is 9.93. The van der Waals surface area contributed by atoms with Crippen molar-refractivity contribution in [2.45, 2.75) is 0 Å². The van der Waals surface area contributed by atoms with Gasteiger partial charge in [0, 0.05) is 43.4 Å². The number of fused-ring (bicyclic) bond motifs is 10. The summed E-state index contributed by atoms with van der Waals surface area (Å²) in [4.78, 5) is 0. The van der Waals surface area contributed by atoms with Crippen molar-refractivity contribution in [2.24, 2.45) is 0 Å². The van der Waals surface area contributed by atoms with Crippen molar-refractivity contribution < 1.29 is 4.42 Å². The Balaban J connectivity index is 1.44. The highest BCUT2D eigenvalue weighted by molar-refractivity contribution is 6.35. The molecule has 11 rings (SSSR count). The first-order valence-corrected chi connectivity index (χ1v) is 15.5. The topological polar surface area (TPSA) is 23.0 Å². The molecule has 3 nitrogen and oxygen atoms in total. The molecule has 45 heavy (non-hydrogen) atoms. The zero-order chi connectivity index (χ0) is 29.2. The van der Waals surface area contributed by atoms with E-state index in [4.69, 9.17) is 4.42 Å². The van der Waals surface area contributed by atoms with Crippen molar-refractivity contribution >= 4 is 87.1 Å². The van der Waals surface area contributed by atoms with Crippen LogP contribution in [0.15, 0.2) is 150 Å². The molecule has 0 aliphatic rings. The molecule has 0 amide bonds. The van der Waals surface area contributed by atoms with Crippen LogP contribution in [0.1, 0.15) is 0 Å². The molecule has 0 atom stereocenters. The molecule has 0 saturated heterocycles. The molecule has 0 bridgehead atoms. The molecule has 3 heterocycles. The first kappa shape index (κ1) is 23.4. The Hall–Kier alpha value is -6.06. The van der Waals surface area contributed by atoms with E-state index in [0.29, 0.717) is 0 Å². The van der Waals surface area contributed by atoms with Gasteiger partial charge in [-0.1, -0.05) is 103 Å². The lowest BCUT2D eigenvalue weighted by molar-refractivity contribution is 0.669. The lowest BCUT2D eigenvalue weighted by Gasteiger charge is -2.16. The van der Waals surface area contributed by atoms with Crippen molar-refractivity contribution in [1.82, 2.24) is 9.13 Å². The summed E-state index contributed by atoms with van der Waals surface area (Å²) in [7, 11) is 0. The number of hydrogen-bond acceptors (Lipinski definition) is 1. The second-order valence-corrected chi connectivity index (χ2v) is 12.1. The maximum atomic E-state index is 6.51. The van der Waals surface area contributed by atoms with E-state index in [1.165, 1.54) is 75.9 Å². The molecule has 0 unspecified atom stereocenters. The van der Waals surface area contributed by atoms with Crippen LogP contribution >= 0.6 is 0 Å². The van der Waals surface area contributed by atoms with Gasteiger partial charge in [-0.3, -0.25) is 0 Å². The van der Waals surface area contributed by atoms with E-state index >= 15 is 0 Å². The number of aromatic nitrogens is 2. The van der Waals surface area contributed by atoms with Crippen molar-refractivity contribution in [3.63, 3.8) is 0 Å². The summed E-state index contributed by atoms with van der Waals surface area (Å²) < 4.78 is 11.5. The minimum absolute atomic E-state index is 0.926. The molecule has 0 saturated carbocycles. The minimum atomic E-state index is 0.926. The molecule has 0 radical (unpaired) electrons. The Kier molecular flexibility index (Phi) is 4.32. The monoisotopic (exact) mass is 572 g/mol. The molecule has 3 heteroatoms. The van der Waals surface area contributed by atoms with E-state index in [1.807, 2.05) is 0 Å². The maximum absolute atomic E-state index is 6.51. The molecule has 0 fully saturated rings. The lowest BCUT2D eigenvalue weighted by Crippen LogP contribution is -1.99. The number of rotatable bonds is 2. The molecule has 0 aliphatic heterocycles. The van der Waals surface area contributed by atoms with Gasteiger partial charge in [0.1, 0.15) is 11.2 Å². The van der Waals surface area contributed by atoms with Gasteiger partial charge in [0.25, 0.3) is 0 Å². The minimum Gasteiger partial charge on any atom is -0.456 e. The molecule has 208 valence electrons. The fraction of sp³-hybridized carbons (Fsp3) is 0. The number of benzene rings is 8. The zero-order valence-electron chi connectivity index (χ0n) is 24.2. The van der Waals surface area contributed by atoms with Crippen molar-refractivity contribution in [3.05, 3.63) is 146 Å². The molecule has 0 spiro atoms.